The number of nitrogens with zero attached hydrogens (tertiary/aromatic N) is 2. The molecule has 4 aromatic rings. The molecule has 2 aliphatic rings. The molecule has 2 heterocycles. The van der Waals surface area contributed by atoms with Crippen molar-refractivity contribution in [3.05, 3.63) is 123 Å². The van der Waals surface area contributed by atoms with Gasteiger partial charge in [-0.05, 0) is 69.6 Å². The molecule has 1 spiro atoms. The first-order valence-corrected chi connectivity index (χ1v) is 20.7. The summed E-state index contributed by atoms with van der Waals surface area (Å²) in [5.74, 6) is 0.399. The van der Waals surface area contributed by atoms with Crippen molar-refractivity contribution in [1.29, 1.82) is 0 Å². The van der Waals surface area contributed by atoms with E-state index in [-0.39, 0.29) is 42.8 Å². The van der Waals surface area contributed by atoms with Gasteiger partial charge < -0.3 is 24.4 Å². The molecule has 0 bridgehead atoms. The molecular formula is C39H43IN2O5Si. The molecule has 9 heteroatoms. The van der Waals surface area contributed by atoms with E-state index in [1.54, 1.807) is 12.0 Å². The lowest BCUT2D eigenvalue weighted by molar-refractivity contribution is -0.150. The Hall–Kier alpha value is -3.51. The molecule has 4 atom stereocenters. The summed E-state index contributed by atoms with van der Waals surface area (Å²) in [6, 6.07) is 34.3. The van der Waals surface area contributed by atoms with Gasteiger partial charge in [-0.1, -0.05) is 98.0 Å². The minimum Gasteiger partial charge on any atom is -0.497 e. The highest BCUT2D eigenvalue weighted by Gasteiger charge is 2.66. The van der Waals surface area contributed by atoms with Crippen LogP contribution in [0.3, 0.4) is 0 Å². The molecule has 0 aliphatic carbocycles. The largest absolute Gasteiger partial charge is 0.497 e. The average Bonchev–Trinajstić information content (AvgIpc) is 3.52. The second kappa shape index (κ2) is 14.1. The first-order chi connectivity index (χ1) is 23.1. The van der Waals surface area contributed by atoms with Gasteiger partial charge in [-0.3, -0.25) is 9.59 Å². The Labute approximate surface area is 298 Å². The van der Waals surface area contributed by atoms with E-state index in [0.29, 0.717) is 13.1 Å². The van der Waals surface area contributed by atoms with Crippen molar-refractivity contribution in [3.63, 3.8) is 0 Å². The van der Waals surface area contributed by atoms with Crippen molar-refractivity contribution in [3.8, 4) is 5.75 Å². The highest BCUT2D eigenvalue weighted by atomic mass is 127. The summed E-state index contributed by atoms with van der Waals surface area (Å²) in [7, 11) is -0.760. The van der Waals surface area contributed by atoms with Gasteiger partial charge in [0.2, 0.25) is 5.91 Å². The van der Waals surface area contributed by atoms with Gasteiger partial charge in [-0.2, -0.15) is 0 Å². The van der Waals surface area contributed by atoms with Gasteiger partial charge in [0.05, 0.1) is 46.5 Å². The van der Waals surface area contributed by atoms with Gasteiger partial charge in [0, 0.05) is 28.1 Å². The van der Waals surface area contributed by atoms with E-state index in [4.69, 9.17) is 9.47 Å². The molecule has 2 amide bonds. The summed E-state index contributed by atoms with van der Waals surface area (Å²) in [6.07, 6.45) is -0.397. The fourth-order valence-electron chi connectivity index (χ4n) is 7.91. The number of aliphatic hydroxyl groups excluding tert-OH is 1. The van der Waals surface area contributed by atoms with Crippen LogP contribution in [0.4, 0.5) is 5.69 Å². The third-order valence-corrected chi connectivity index (χ3v) is 15.4. The van der Waals surface area contributed by atoms with E-state index in [0.717, 1.165) is 31.7 Å². The predicted octanol–water partition coefficient (Wildman–Crippen LogP) is 6.47. The number of anilines is 1. The van der Waals surface area contributed by atoms with E-state index in [9.17, 15) is 14.7 Å². The summed E-state index contributed by atoms with van der Waals surface area (Å²) in [4.78, 5) is 32.7. The third kappa shape index (κ3) is 6.33. The number of para-hydroxylation sites is 1. The monoisotopic (exact) mass is 774 g/mol. The second-order valence-corrected chi connectivity index (χ2v) is 19.4. The lowest BCUT2D eigenvalue weighted by Gasteiger charge is -2.37. The fraction of sp³-hybridized carbons (Fsp3) is 0.333. The van der Waals surface area contributed by atoms with Crippen molar-refractivity contribution in [2.75, 3.05) is 25.2 Å². The van der Waals surface area contributed by atoms with Crippen LogP contribution in [0.5, 0.6) is 5.75 Å². The lowest BCUT2D eigenvalue weighted by Crippen LogP contribution is -2.52. The zero-order valence-electron chi connectivity index (χ0n) is 27.9. The van der Waals surface area contributed by atoms with Crippen molar-refractivity contribution < 1.29 is 24.2 Å². The predicted molar refractivity (Wildman–Crippen MR) is 200 cm³/mol. The Morgan fingerprint density at radius 1 is 0.958 bits per heavy atom. The number of carbonyl (C=O) groups is 2. The number of ether oxygens (including phenoxy) is 2. The first kappa shape index (κ1) is 34.4. The van der Waals surface area contributed by atoms with Crippen molar-refractivity contribution in [2.45, 2.75) is 56.8 Å². The minimum absolute atomic E-state index is 0.0715. The van der Waals surface area contributed by atoms with Crippen LogP contribution in [0.25, 0.3) is 0 Å². The molecule has 1 N–H and O–H groups in total. The highest BCUT2D eigenvalue weighted by molar-refractivity contribution is 14.1. The van der Waals surface area contributed by atoms with E-state index >= 15 is 0 Å². The number of hydrogen-bond acceptors (Lipinski definition) is 5. The van der Waals surface area contributed by atoms with E-state index < -0.39 is 19.8 Å². The maximum absolute atomic E-state index is 14.9. The van der Waals surface area contributed by atoms with Gasteiger partial charge in [0.25, 0.3) is 5.91 Å². The van der Waals surface area contributed by atoms with Gasteiger partial charge >= 0.3 is 0 Å². The van der Waals surface area contributed by atoms with Crippen LogP contribution in [-0.2, 0) is 33.0 Å². The van der Waals surface area contributed by atoms with Crippen LogP contribution in [0.15, 0.2) is 103 Å². The van der Waals surface area contributed by atoms with Crippen molar-refractivity contribution >= 4 is 53.4 Å². The molecular weight excluding hydrogens is 731 g/mol. The number of halogens is 1. The summed E-state index contributed by atoms with van der Waals surface area (Å²) in [6.45, 7) is 7.69. The van der Waals surface area contributed by atoms with Gasteiger partial charge in [0.1, 0.15) is 5.75 Å². The van der Waals surface area contributed by atoms with Gasteiger partial charge in [-0.15, -0.1) is 0 Å². The SMILES string of the molecule is COc1ccc([Si](C)(C)[C@@H]2[C@@H](CC(=O)N(CCO)Cc3ccccc3)O[C@]3(C(=O)N(Cc4ccc(I)cc4)c4ccccc43)[C@H]2C)cc1. The summed E-state index contributed by atoms with van der Waals surface area (Å²) in [5.41, 5.74) is 2.45. The molecule has 0 unspecified atom stereocenters. The zero-order chi connectivity index (χ0) is 34.1. The molecule has 6 rings (SSSR count). The van der Waals surface area contributed by atoms with Gasteiger partial charge in [-0.25, -0.2) is 0 Å². The maximum atomic E-state index is 14.9. The number of amides is 2. The Kier molecular flexibility index (Phi) is 10.1. The Balaban J connectivity index is 1.40. The topological polar surface area (TPSA) is 79.3 Å². The number of fused-ring (bicyclic) bond motifs is 2. The lowest BCUT2D eigenvalue weighted by atomic mass is 9.82. The van der Waals surface area contributed by atoms with Crippen LogP contribution >= 0.6 is 22.6 Å². The van der Waals surface area contributed by atoms with Crippen LogP contribution in [0.2, 0.25) is 18.6 Å². The van der Waals surface area contributed by atoms with Crippen LogP contribution in [-0.4, -0.2) is 56.3 Å². The highest BCUT2D eigenvalue weighted by Crippen LogP contribution is 2.60. The molecule has 250 valence electrons. The standard InChI is InChI=1S/C39H43IN2O5Si/c1-27-37(48(3,4)32-20-18-31(46-2)19-21-32)35(24-36(44)41(22-23-43)25-28-10-6-5-7-11-28)47-39(27)33-12-8-9-13-34(33)42(38(39)45)26-29-14-16-30(40)17-15-29/h5-21,27,35,37,43H,22-26H2,1-4H3/t27-,35+,37-,39+/m0/s1. The van der Waals surface area contributed by atoms with Crippen molar-refractivity contribution in [2.24, 2.45) is 5.92 Å². The molecule has 1 fully saturated rings. The minimum atomic E-state index is -2.42. The maximum Gasteiger partial charge on any atom is 0.264 e. The Bertz CT molecular complexity index is 1750. The van der Waals surface area contributed by atoms with Crippen molar-refractivity contribution in [1.82, 2.24) is 4.90 Å². The Morgan fingerprint density at radius 3 is 2.29 bits per heavy atom. The van der Waals surface area contributed by atoms with E-state index in [1.807, 2.05) is 71.6 Å². The number of rotatable bonds is 11. The first-order valence-electron chi connectivity index (χ1n) is 16.5. The molecule has 0 aromatic heterocycles. The Morgan fingerprint density at radius 2 is 1.62 bits per heavy atom. The third-order valence-electron chi connectivity index (χ3n) is 10.3. The average molecular weight is 775 g/mol. The van der Waals surface area contributed by atoms with Crippen LogP contribution in [0.1, 0.15) is 30.0 Å². The van der Waals surface area contributed by atoms with Crippen LogP contribution in [0, 0.1) is 9.49 Å². The van der Waals surface area contributed by atoms with Gasteiger partial charge in [0.15, 0.2) is 5.60 Å². The molecule has 0 radical (unpaired) electrons. The summed E-state index contributed by atoms with van der Waals surface area (Å²) >= 11 is 2.29. The fourth-order valence-corrected chi connectivity index (χ4v) is 12.3. The molecule has 7 nitrogen and oxygen atoms in total. The molecule has 0 saturated carbocycles. The number of methoxy groups -OCH3 is 1. The van der Waals surface area contributed by atoms with Crippen LogP contribution < -0.4 is 14.8 Å². The molecule has 1 saturated heterocycles. The summed E-state index contributed by atoms with van der Waals surface area (Å²) in [5, 5.41) is 11.1. The number of aliphatic hydroxyl groups is 1. The molecule has 4 aromatic carbocycles. The zero-order valence-corrected chi connectivity index (χ0v) is 31.1. The number of hydrogen-bond donors (Lipinski definition) is 1. The second-order valence-electron chi connectivity index (χ2n) is 13.4. The normalized spacial score (nSPS) is 21.8. The smallest absolute Gasteiger partial charge is 0.264 e. The van der Waals surface area contributed by atoms with E-state index in [1.165, 1.54) is 5.19 Å². The molecule has 2 aliphatic heterocycles. The number of benzene rings is 4. The summed E-state index contributed by atoms with van der Waals surface area (Å²) < 4.78 is 13.8. The van der Waals surface area contributed by atoms with E-state index in [2.05, 4.69) is 79.0 Å². The molecule has 48 heavy (non-hydrogen) atoms. The quantitative estimate of drug-likeness (QED) is 0.140. The number of carbonyl (C=O) groups excluding carboxylic acids is 2.